The van der Waals surface area contributed by atoms with Gasteiger partial charge in [0.2, 0.25) is 11.8 Å². The maximum Gasteiger partial charge on any atom is 0.245 e. The molecule has 5 rings (SSSR count). The van der Waals surface area contributed by atoms with Gasteiger partial charge in [0.1, 0.15) is 11.9 Å². The second-order valence-electron chi connectivity index (χ2n) is 9.15. The summed E-state index contributed by atoms with van der Waals surface area (Å²) in [6.07, 6.45) is 2.80. The van der Waals surface area contributed by atoms with E-state index in [4.69, 9.17) is 9.47 Å². The van der Waals surface area contributed by atoms with Gasteiger partial charge in [-0.3, -0.25) is 9.59 Å². The normalized spacial score (nSPS) is 23.7. The van der Waals surface area contributed by atoms with E-state index in [9.17, 15) is 14.7 Å². The highest BCUT2D eigenvalue weighted by molar-refractivity contribution is 7.13. The molecular formula is C24H29N3O5S. The lowest BCUT2D eigenvalue weighted by atomic mass is 9.95. The number of nitrogens with one attached hydrogen (secondary N) is 1. The molecular weight excluding hydrogens is 442 g/mol. The standard InChI is InChI=1S/C24H29N3O5S/c1-14(28)19-5-4-16(8-21(19)32-18-6-7-31-12-18)17-9-23(30)27(10-17)11-22(29)26-24-25-20(13-33-24)15-2-3-15/h4-5,8,13-15,17-18,28H,2-3,6-7,9-12H2,1H3,(H,25,26,29)/t14?,17-,18-/m1/s1. The number of nitrogens with zero attached hydrogens (tertiary/aromatic N) is 2. The highest BCUT2D eigenvalue weighted by Crippen LogP contribution is 2.41. The number of benzene rings is 1. The van der Waals surface area contributed by atoms with E-state index >= 15 is 0 Å². The molecule has 176 valence electrons. The van der Waals surface area contributed by atoms with Gasteiger partial charge in [-0.25, -0.2) is 4.98 Å². The van der Waals surface area contributed by atoms with Gasteiger partial charge in [0, 0.05) is 42.2 Å². The molecule has 1 aromatic heterocycles. The topological polar surface area (TPSA) is 101 Å². The number of carbonyl (C=O) groups is 2. The molecule has 1 aliphatic carbocycles. The number of aliphatic hydroxyl groups is 1. The number of hydrogen-bond acceptors (Lipinski definition) is 7. The van der Waals surface area contributed by atoms with Crippen LogP contribution in [0, 0.1) is 0 Å². The summed E-state index contributed by atoms with van der Waals surface area (Å²) in [4.78, 5) is 31.2. The number of hydrogen-bond donors (Lipinski definition) is 2. The van der Waals surface area contributed by atoms with Crippen molar-refractivity contribution in [2.75, 3.05) is 31.6 Å². The summed E-state index contributed by atoms with van der Waals surface area (Å²) in [6, 6.07) is 5.73. The zero-order valence-corrected chi connectivity index (χ0v) is 19.5. The van der Waals surface area contributed by atoms with Crippen LogP contribution in [0.2, 0.25) is 0 Å². The third-order valence-electron chi connectivity index (χ3n) is 6.45. The summed E-state index contributed by atoms with van der Waals surface area (Å²) in [5.41, 5.74) is 2.74. The lowest BCUT2D eigenvalue weighted by Gasteiger charge is -2.20. The molecule has 0 spiro atoms. The monoisotopic (exact) mass is 471 g/mol. The maximum atomic E-state index is 12.6. The second kappa shape index (κ2) is 9.40. The predicted molar refractivity (Wildman–Crippen MR) is 124 cm³/mol. The van der Waals surface area contributed by atoms with E-state index in [1.807, 2.05) is 23.6 Å². The molecule has 33 heavy (non-hydrogen) atoms. The average Bonchev–Trinajstić information content (AvgIpc) is 3.14. The van der Waals surface area contributed by atoms with Crippen molar-refractivity contribution in [2.24, 2.45) is 0 Å². The van der Waals surface area contributed by atoms with Gasteiger partial charge in [0.15, 0.2) is 5.13 Å². The molecule has 1 aromatic carbocycles. The summed E-state index contributed by atoms with van der Waals surface area (Å²) in [5.74, 6) is 0.881. The van der Waals surface area contributed by atoms with Crippen molar-refractivity contribution in [2.45, 2.75) is 56.7 Å². The van der Waals surface area contributed by atoms with Crippen LogP contribution in [0.5, 0.6) is 5.75 Å². The van der Waals surface area contributed by atoms with Crippen LogP contribution >= 0.6 is 11.3 Å². The predicted octanol–water partition coefficient (Wildman–Crippen LogP) is 3.20. The number of carbonyl (C=O) groups excluding carboxylic acids is 2. The minimum atomic E-state index is -0.659. The van der Waals surface area contributed by atoms with Gasteiger partial charge in [-0.15, -0.1) is 11.3 Å². The molecule has 2 N–H and O–H groups in total. The van der Waals surface area contributed by atoms with Crippen LogP contribution in [0.15, 0.2) is 23.6 Å². The third-order valence-corrected chi connectivity index (χ3v) is 7.23. The first-order chi connectivity index (χ1) is 16.0. The number of ether oxygens (including phenoxy) is 2. The van der Waals surface area contributed by atoms with Crippen molar-refractivity contribution >= 4 is 28.3 Å². The molecule has 3 fully saturated rings. The van der Waals surface area contributed by atoms with E-state index in [-0.39, 0.29) is 30.4 Å². The van der Waals surface area contributed by atoms with Crippen LogP contribution in [-0.4, -0.2) is 59.2 Å². The molecule has 1 unspecified atom stereocenters. The third kappa shape index (κ3) is 5.20. The molecule has 2 saturated heterocycles. The first-order valence-electron chi connectivity index (χ1n) is 11.6. The molecule has 3 atom stereocenters. The van der Waals surface area contributed by atoms with Crippen molar-refractivity contribution in [3.8, 4) is 5.75 Å². The zero-order chi connectivity index (χ0) is 22.9. The van der Waals surface area contributed by atoms with Gasteiger partial charge in [0.25, 0.3) is 0 Å². The van der Waals surface area contributed by atoms with E-state index < -0.39 is 6.10 Å². The molecule has 3 heterocycles. The Balaban J connectivity index is 1.22. The Labute approximate surface area is 196 Å². The Morgan fingerprint density at radius 1 is 1.36 bits per heavy atom. The van der Waals surface area contributed by atoms with Crippen LogP contribution < -0.4 is 10.1 Å². The highest BCUT2D eigenvalue weighted by Gasteiger charge is 2.33. The van der Waals surface area contributed by atoms with Crippen LogP contribution in [0.4, 0.5) is 5.13 Å². The molecule has 1 saturated carbocycles. The fraction of sp³-hybridized carbons (Fsp3) is 0.542. The average molecular weight is 472 g/mol. The molecule has 9 heteroatoms. The number of anilines is 1. The Morgan fingerprint density at radius 3 is 2.94 bits per heavy atom. The number of aliphatic hydroxyl groups excluding tert-OH is 1. The molecule has 2 amide bonds. The number of rotatable bonds is 8. The van der Waals surface area contributed by atoms with Crippen molar-refractivity contribution < 1.29 is 24.2 Å². The maximum absolute atomic E-state index is 12.6. The summed E-state index contributed by atoms with van der Waals surface area (Å²) in [6.45, 7) is 3.41. The smallest absolute Gasteiger partial charge is 0.245 e. The highest BCUT2D eigenvalue weighted by atomic mass is 32.1. The summed E-state index contributed by atoms with van der Waals surface area (Å²) in [7, 11) is 0. The van der Waals surface area contributed by atoms with Crippen LogP contribution in [0.3, 0.4) is 0 Å². The Morgan fingerprint density at radius 2 is 2.21 bits per heavy atom. The van der Waals surface area contributed by atoms with Crippen molar-refractivity contribution in [1.29, 1.82) is 0 Å². The molecule has 0 bridgehead atoms. The van der Waals surface area contributed by atoms with E-state index in [1.165, 1.54) is 24.2 Å². The van der Waals surface area contributed by atoms with Gasteiger partial charge < -0.3 is 24.8 Å². The van der Waals surface area contributed by atoms with E-state index in [0.717, 1.165) is 23.2 Å². The van der Waals surface area contributed by atoms with Crippen LogP contribution in [0.1, 0.15) is 67.4 Å². The largest absolute Gasteiger partial charge is 0.488 e. The Hall–Kier alpha value is -2.49. The van der Waals surface area contributed by atoms with Crippen molar-refractivity contribution in [1.82, 2.24) is 9.88 Å². The number of thiazole rings is 1. The minimum absolute atomic E-state index is 0.0161. The second-order valence-corrected chi connectivity index (χ2v) is 10.0. The van der Waals surface area contributed by atoms with E-state index in [2.05, 4.69) is 10.3 Å². The van der Waals surface area contributed by atoms with Gasteiger partial charge in [-0.05, 0) is 31.4 Å². The van der Waals surface area contributed by atoms with Gasteiger partial charge in [-0.1, -0.05) is 12.1 Å². The van der Waals surface area contributed by atoms with Crippen LogP contribution in [0.25, 0.3) is 0 Å². The van der Waals surface area contributed by atoms with E-state index in [1.54, 1.807) is 11.8 Å². The Kier molecular flexibility index (Phi) is 6.36. The Bertz CT molecular complexity index is 1030. The van der Waals surface area contributed by atoms with Gasteiger partial charge in [0.05, 0.1) is 31.6 Å². The van der Waals surface area contributed by atoms with Crippen LogP contribution in [-0.2, 0) is 14.3 Å². The number of aromatic nitrogens is 1. The minimum Gasteiger partial charge on any atom is -0.488 e. The van der Waals surface area contributed by atoms with Crippen molar-refractivity contribution in [3.63, 3.8) is 0 Å². The lowest BCUT2D eigenvalue weighted by molar-refractivity contribution is -0.131. The first-order valence-corrected chi connectivity index (χ1v) is 12.4. The molecule has 0 radical (unpaired) electrons. The zero-order valence-electron chi connectivity index (χ0n) is 18.7. The molecule has 2 aliphatic heterocycles. The number of amides is 2. The van der Waals surface area contributed by atoms with E-state index in [0.29, 0.717) is 43.0 Å². The SMILES string of the molecule is CC(O)c1ccc([C@@H]2CC(=O)N(CC(=O)Nc3nc(C4CC4)cs3)C2)cc1O[C@@H]1CCOC1. The fourth-order valence-corrected chi connectivity index (χ4v) is 5.24. The van der Waals surface area contributed by atoms with Gasteiger partial charge >= 0.3 is 0 Å². The van der Waals surface area contributed by atoms with Crippen molar-refractivity contribution in [3.05, 3.63) is 40.4 Å². The first kappa shape index (κ1) is 22.3. The quantitative estimate of drug-likeness (QED) is 0.613. The molecule has 2 aromatic rings. The number of likely N-dealkylation sites (tertiary alicyclic amines) is 1. The van der Waals surface area contributed by atoms with Gasteiger partial charge in [-0.2, -0.15) is 0 Å². The summed E-state index contributed by atoms with van der Waals surface area (Å²) in [5, 5.41) is 15.6. The molecule has 8 nitrogen and oxygen atoms in total. The summed E-state index contributed by atoms with van der Waals surface area (Å²) < 4.78 is 11.5. The lowest BCUT2D eigenvalue weighted by Crippen LogP contribution is -2.34. The fourth-order valence-electron chi connectivity index (χ4n) is 4.43. The molecule has 3 aliphatic rings. The summed E-state index contributed by atoms with van der Waals surface area (Å²) >= 11 is 1.43.